The van der Waals surface area contributed by atoms with Gasteiger partial charge < -0.3 is 21.3 Å². The number of nitrogens with zero attached hydrogens (tertiary/aromatic N) is 1. The summed E-state index contributed by atoms with van der Waals surface area (Å²) in [6, 6.07) is 4.50. The molecule has 7 heteroatoms. The molecule has 2 atom stereocenters. The number of urea groups is 1. The van der Waals surface area contributed by atoms with E-state index in [4.69, 9.17) is 5.73 Å². The number of amides is 3. The fraction of sp³-hybridized carbons (Fsp3) is 0.429. The number of carbonyl (C=O) groups is 2. The van der Waals surface area contributed by atoms with Crippen molar-refractivity contribution >= 4 is 17.6 Å². The molecular weight excluding hydrogens is 275 g/mol. The zero-order valence-electron chi connectivity index (χ0n) is 11.8. The Morgan fingerprint density at radius 2 is 2.05 bits per heavy atom. The fourth-order valence-corrected chi connectivity index (χ4v) is 2.25. The second-order valence-corrected chi connectivity index (χ2v) is 5.16. The van der Waals surface area contributed by atoms with E-state index in [1.165, 1.54) is 24.3 Å². The van der Waals surface area contributed by atoms with Gasteiger partial charge in [-0.05, 0) is 37.6 Å². The number of nitrogens with two attached hydrogens (primary N) is 1. The predicted octanol–water partition coefficient (Wildman–Crippen LogP) is 0.895. The van der Waals surface area contributed by atoms with Gasteiger partial charge in [0.05, 0.1) is 6.04 Å². The first-order valence-electron chi connectivity index (χ1n) is 6.83. The molecule has 0 spiro atoms. The van der Waals surface area contributed by atoms with Crippen molar-refractivity contribution in [3.63, 3.8) is 0 Å². The average molecular weight is 294 g/mol. The van der Waals surface area contributed by atoms with E-state index in [9.17, 15) is 14.0 Å². The summed E-state index contributed by atoms with van der Waals surface area (Å²) in [6.45, 7) is 2.68. The van der Waals surface area contributed by atoms with Crippen LogP contribution in [0.2, 0.25) is 0 Å². The van der Waals surface area contributed by atoms with Gasteiger partial charge in [-0.1, -0.05) is 0 Å². The Labute approximate surface area is 122 Å². The van der Waals surface area contributed by atoms with Crippen molar-refractivity contribution in [3.05, 3.63) is 30.1 Å². The van der Waals surface area contributed by atoms with E-state index in [-0.39, 0.29) is 23.8 Å². The van der Waals surface area contributed by atoms with Gasteiger partial charge in [0.1, 0.15) is 5.82 Å². The van der Waals surface area contributed by atoms with Gasteiger partial charge in [-0.3, -0.25) is 4.79 Å². The molecule has 0 aliphatic carbocycles. The molecule has 1 fully saturated rings. The van der Waals surface area contributed by atoms with Crippen LogP contribution in [-0.2, 0) is 4.79 Å². The van der Waals surface area contributed by atoms with Crippen LogP contribution in [0.15, 0.2) is 24.3 Å². The van der Waals surface area contributed by atoms with Crippen molar-refractivity contribution in [2.24, 2.45) is 5.73 Å². The van der Waals surface area contributed by atoms with Crippen molar-refractivity contribution in [2.75, 3.05) is 18.4 Å². The molecule has 1 heterocycles. The quantitative estimate of drug-likeness (QED) is 0.774. The molecule has 114 valence electrons. The summed E-state index contributed by atoms with van der Waals surface area (Å²) < 4.78 is 12.8. The third-order valence-electron chi connectivity index (χ3n) is 3.33. The van der Waals surface area contributed by atoms with Crippen LogP contribution in [-0.4, -0.2) is 42.0 Å². The summed E-state index contributed by atoms with van der Waals surface area (Å²) in [5.41, 5.74) is 6.06. The van der Waals surface area contributed by atoms with Crippen molar-refractivity contribution in [2.45, 2.75) is 25.4 Å². The normalized spacial score (nSPS) is 19.2. The summed E-state index contributed by atoms with van der Waals surface area (Å²) in [4.78, 5) is 25.2. The van der Waals surface area contributed by atoms with E-state index in [1.54, 1.807) is 11.8 Å². The number of hydrogen-bond acceptors (Lipinski definition) is 3. The third-order valence-corrected chi connectivity index (χ3v) is 3.33. The second kappa shape index (κ2) is 6.53. The van der Waals surface area contributed by atoms with E-state index >= 15 is 0 Å². The molecule has 1 aliphatic heterocycles. The van der Waals surface area contributed by atoms with Crippen LogP contribution in [0.1, 0.15) is 13.3 Å². The zero-order chi connectivity index (χ0) is 15.4. The predicted molar refractivity (Wildman–Crippen MR) is 77.2 cm³/mol. The highest BCUT2D eigenvalue weighted by Crippen LogP contribution is 2.11. The molecule has 1 aromatic rings. The van der Waals surface area contributed by atoms with Gasteiger partial charge in [-0.25, -0.2) is 9.18 Å². The topological polar surface area (TPSA) is 87.5 Å². The lowest BCUT2D eigenvalue weighted by atomic mass is 10.2. The van der Waals surface area contributed by atoms with Gasteiger partial charge in [0.15, 0.2) is 0 Å². The lowest BCUT2D eigenvalue weighted by Crippen LogP contribution is -2.44. The largest absolute Gasteiger partial charge is 0.339 e. The van der Waals surface area contributed by atoms with Crippen LogP contribution in [0.25, 0.3) is 0 Å². The zero-order valence-corrected chi connectivity index (χ0v) is 11.8. The number of anilines is 1. The standard InChI is InChI=1S/C14H19FN4O2/c1-9(16)13(20)19-7-6-12(8-19)18-14(21)17-11-4-2-10(15)3-5-11/h2-5,9,12H,6-8,16H2,1H3,(H2,17,18,21)/t9-,12?/m1/s1. The van der Waals surface area contributed by atoms with Gasteiger partial charge in [-0.15, -0.1) is 0 Å². The van der Waals surface area contributed by atoms with Crippen molar-refractivity contribution in [1.29, 1.82) is 0 Å². The van der Waals surface area contributed by atoms with E-state index < -0.39 is 6.04 Å². The molecule has 4 N–H and O–H groups in total. The lowest BCUT2D eigenvalue weighted by molar-refractivity contribution is -0.131. The maximum absolute atomic E-state index is 12.8. The number of halogens is 1. The minimum atomic E-state index is -0.531. The number of likely N-dealkylation sites (tertiary alicyclic amines) is 1. The molecule has 0 saturated carbocycles. The Balaban J connectivity index is 1.81. The Morgan fingerprint density at radius 1 is 1.38 bits per heavy atom. The van der Waals surface area contributed by atoms with Gasteiger partial charge in [0, 0.05) is 24.8 Å². The Morgan fingerprint density at radius 3 is 2.67 bits per heavy atom. The highest BCUT2D eigenvalue weighted by Gasteiger charge is 2.28. The molecule has 1 saturated heterocycles. The smallest absolute Gasteiger partial charge is 0.319 e. The highest BCUT2D eigenvalue weighted by atomic mass is 19.1. The van der Waals surface area contributed by atoms with Crippen LogP contribution in [0, 0.1) is 5.82 Å². The Bertz CT molecular complexity index is 518. The Kier molecular flexibility index (Phi) is 4.74. The monoisotopic (exact) mass is 294 g/mol. The molecule has 21 heavy (non-hydrogen) atoms. The van der Waals surface area contributed by atoms with Crippen LogP contribution < -0.4 is 16.4 Å². The van der Waals surface area contributed by atoms with E-state index in [0.717, 1.165) is 0 Å². The number of carbonyl (C=O) groups excluding carboxylic acids is 2. The number of benzene rings is 1. The van der Waals surface area contributed by atoms with Crippen LogP contribution >= 0.6 is 0 Å². The highest BCUT2D eigenvalue weighted by molar-refractivity contribution is 5.89. The van der Waals surface area contributed by atoms with Crippen molar-refractivity contribution in [3.8, 4) is 0 Å². The van der Waals surface area contributed by atoms with Gasteiger partial charge in [-0.2, -0.15) is 0 Å². The number of nitrogens with one attached hydrogen (secondary N) is 2. The van der Waals surface area contributed by atoms with Gasteiger partial charge in [0.25, 0.3) is 0 Å². The molecular formula is C14H19FN4O2. The number of hydrogen-bond donors (Lipinski definition) is 3. The molecule has 6 nitrogen and oxygen atoms in total. The minimum absolute atomic E-state index is 0.104. The second-order valence-electron chi connectivity index (χ2n) is 5.16. The van der Waals surface area contributed by atoms with Crippen molar-refractivity contribution < 1.29 is 14.0 Å². The first kappa shape index (κ1) is 15.2. The summed E-state index contributed by atoms with van der Waals surface area (Å²) in [7, 11) is 0. The van der Waals surface area contributed by atoms with E-state index in [0.29, 0.717) is 25.2 Å². The summed E-state index contributed by atoms with van der Waals surface area (Å²) in [6.07, 6.45) is 0.690. The summed E-state index contributed by atoms with van der Waals surface area (Å²) >= 11 is 0. The SMILES string of the molecule is C[C@@H](N)C(=O)N1CCC(NC(=O)Nc2ccc(F)cc2)C1. The first-order valence-corrected chi connectivity index (χ1v) is 6.83. The molecule has 1 aliphatic rings. The van der Waals surface area contributed by atoms with Crippen LogP contribution in [0.3, 0.4) is 0 Å². The van der Waals surface area contributed by atoms with Gasteiger partial charge in [0.2, 0.25) is 5.91 Å². The van der Waals surface area contributed by atoms with Crippen LogP contribution in [0.5, 0.6) is 0 Å². The maximum atomic E-state index is 12.8. The lowest BCUT2D eigenvalue weighted by Gasteiger charge is -2.19. The minimum Gasteiger partial charge on any atom is -0.339 e. The van der Waals surface area contributed by atoms with E-state index in [1.807, 2.05) is 0 Å². The third kappa shape index (κ3) is 4.16. The summed E-state index contributed by atoms with van der Waals surface area (Å²) in [5.74, 6) is -0.472. The van der Waals surface area contributed by atoms with Crippen molar-refractivity contribution in [1.82, 2.24) is 10.2 Å². The average Bonchev–Trinajstić information content (AvgIpc) is 2.88. The van der Waals surface area contributed by atoms with Gasteiger partial charge >= 0.3 is 6.03 Å². The first-order chi connectivity index (χ1) is 9.95. The molecule has 2 rings (SSSR count). The molecule has 0 radical (unpaired) electrons. The van der Waals surface area contributed by atoms with E-state index in [2.05, 4.69) is 10.6 Å². The Hall–Kier alpha value is -2.15. The molecule has 1 unspecified atom stereocenters. The molecule has 0 bridgehead atoms. The molecule has 1 aromatic carbocycles. The fourth-order valence-electron chi connectivity index (χ4n) is 2.25. The molecule has 0 aromatic heterocycles. The summed E-state index contributed by atoms with van der Waals surface area (Å²) in [5, 5.41) is 5.41. The van der Waals surface area contributed by atoms with Crippen LogP contribution in [0.4, 0.5) is 14.9 Å². The molecule has 3 amide bonds. The number of rotatable bonds is 3. The maximum Gasteiger partial charge on any atom is 0.319 e.